The van der Waals surface area contributed by atoms with Crippen LogP contribution in [0.25, 0.3) is 0 Å². The summed E-state index contributed by atoms with van der Waals surface area (Å²) in [4.78, 5) is 4.15. The Morgan fingerprint density at radius 2 is 2.31 bits per heavy atom. The van der Waals surface area contributed by atoms with E-state index in [1.807, 2.05) is 32.9 Å². The fourth-order valence-corrected chi connectivity index (χ4v) is 1.03. The fourth-order valence-electron chi connectivity index (χ4n) is 1.03. The molecule has 0 aliphatic heterocycles. The van der Waals surface area contributed by atoms with Crippen LogP contribution in [0.3, 0.4) is 0 Å². The molecule has 1 aromatic heterocycles. The molecule has 3 heteroatoms. The molecule has 0 bridgehead atoms. The Kier molecular flexibility index (Phi) is 3.55. The largest absolute Gasteiger partial charge is 0.473 e. The third-order valence-corrected chi connectivity index (χ3v) is 1.49. The Balaban J connectivity index is 2.78. The smallest absolute Gasteiger partial charge is 0.237 e. The molecule has 1 heterocycles. The number of anilines is 1. The van der Waals surface area contributed by atoms with Gasteiger partial charge >= 0.3 is 0 Å². The van der Waals surface area contributed by atoms with E-state index < -0.39 is 0 Å². The van der Waals surface area contributed by atoms with E-state index in [0.717, 1.165) is 12.2 Å². The highest BCUT2D eigenvalue weighted by Crippen LogP contribution is 2.20. The molecule has 1 rings (SSSR count). The lowest BCUT2D eigenvalue weighted by Gasteiger charge is -2.12. The summed E-state index contributed by atoms with van der Waals surface area (Å²) in [6.45, 7) is 6.90. The maximum atomic E-state index is 5.52. The molecule has 0 saturated heterocycles. The number of rotatable bonds is 4. The van der Waals surface area contributed by atoms with Gasteiger partial charge in [-0.3, -0.25) is 0 Å². The molecule has 0 spiro atoms. The molecule has 0 fully saturated rings. The van der Waals surface area contributed by atoms with Crippen LogP contribution in [-0.4, -0.2) is 17.6 Å². The number of nitrogens with zero attached hydrogens (tertiary/aromatic N) is 1. The van der Waals surface area contributed by atoms with Crippen LogP contribution in [0.4, 0.5) is 5.69 Å². The molecule has 1 N–H and O–H groups in total. The lowest BCUT2D eigenvalue weighted by Crippen LogP contribution is -2.09. The highest BCUT2D eigenvalue weighted by Gasteiger charge is 2.04. The van der Waals surface area contributed by atoms with Crippen molar-refractivity contribution in [1.29, 1.82) is 0 Å². The van der Waals surface area contributed by atoms with Gasteiger partial charge in [-0.05, 0) is 32.9 Å². The second kappa shape index (κ2) is 4.70. The topological polar surface area (TPSA) is 34.2 Å². The van der Waals surface area contributed by atoms with E-state index in [4.69, 9.17) is 4.74 Å². The molecule has 0 aliphatic rings. The predicted molar refractivity (Wildman–Crippen MR) is 54.2 cm³/mol. The number of nitrogens with one attached hydrogen (secondary N) is 1. The van der Waals surface area contributed by atoms with E-state index in [9.17, 15) is 0 Å². The number of aromatic nitrogens is 1. The minimum absolute atomic E-state index is 0.160. The van der Waals surface area contributed by atoms with Crippen LogP contribution in [-0.2, 0) is 0 Å². The second-order valence-electron chi connectivity index (χ2n) is 3.05. The molecule has 0 saturated carbocycles. The Labute approximate surface area is 79.1 Å². The van der Waals surface area contributed by atoms with Crippen LogP contribution in [0.1, 0.15) is 20.8 Å². The zero-order valence-corrected chi connectivity index (χ0v) is 8.37. The van der Waals surface area contributed by atoms with E-state index in [0.29, 0.717) is 5.88 Å². The second-order valence-corrected chi connectivity index (χ2v) is 3.05. The van der Waals surface area contributed by atoms with Crippen LogP contribution >= 0.6 is 0 Å². The number of ether oxygens (including phenoxy) is 1. The van der Waals surface area contributed by atoms with Crippen LogP contribution in [0, 0.1) is 0 Å². The van der Waals surface area contributed by atoms with Crippen LogP contribution in [0.2, 0.25) is 0 Å². The van der Waals surface area contributed by atoms with Crippen molar-refractivity contribution in [3.05, 3.63) is 18.3 Å². The number of hydrogen-bond acceptors (Lipinski definition) is 3. The third-order valence-electron chi connectivity index (χ3n) is 1.49. The predicted octanol–water partition coefficient (Wildman–Crippen LogP) is 2.30. The number of hydrogen-bond donors (Lipinski definition) is 1. The molecule has 0 amide bonds. The zero-order valence-electron chi connectivity index (χ0n) is 8.37. The first-order valence-corrected chi connectivity index (χ1v) is 4.59. The quantitative estimate of drug-likeness (QED) is 0.772. The summed E-state index contributed by atoms with van der Waals surface area (Å²) in [5.74, 6) is 0.680. The Morgan fingerprint density at radius 3 is 2.92 bits per heavy atom. The summed E-state index contributed by atoms with van der Waals surface area (Å²) in [6, 6.07) is 3.86. The highest BCUT2D eigenvalue weighted by molar-refractivity contribution is 5.51. The van der Waals surface area contributed by atoms with Crippen molar-refractivity contribution in [2.24, 2.45) is 0 Å². The summed E-state index contributed by atoms with van der Waals surface area (Å²) in [6.07, 6.45) is 1.89. The zero-order chi connectivity index (χ0) is 9.68. The molecule has 13 heavy (non-hydrogen) atoms. The van der Waals surface area contributed by atoms with Gasteiger partial charge in [-0.1, -0.05) is 0 Å². The van der Waals surface area contributed by atoms with E-state index in [2.05, 4.69) is 10.3 Å². The first-order valence-electron chi connectivity index (χ1n) is 4.59. The molecule has 0 atom stereocenters. The van der Waals surface area contributed by atoms with Crippen molar-refractivity contribution in [1.82, 2.24) is 4.98 Å². The summed E-state index contributed by atoms with van der Waals surface area (Å²) in [5.41, 5.74) is 0.957. The molecule has 0 radical (unpaired) electrons. The summed E-state index contributed by atoms with van der Waals surface area (Å²) in [7, 11) is 0. The third kappa shape index (κ3) is 2.93. The first kappa shape index (κ1) is 9.84. The lowest BCUT2D eigenvalue weighted by atomic mass is 10.4. The highest BCUT2D eigenvalue weighted by atomic mass is 16.5. The molecule has 3 nitrogen and oxygen atoms in total. The van der Waals surface area contributed by atoms with Crippen molar-refractivity contribution in [2.75, 3.05) is 11.9 Å². The molecular weight excluding hydrogens is 164 g/mol. The van der Waals surface area contributed by atoms with Gasteiger partial charge in [-0.25, -0.2) is 4.98 Å². The van der Waals surface area contributed by atoms with Crippen molar-refractivity contribution in [2.45, 2.75) is 26.9 Å². The van der Waals surface area contributed by atoms with Crippen LogP contribution < -0.4 is 10.1 Å². The van der Waals surface area contributed by atoms with Gasteiger partial charge in [0.15, 0.2) is 0 Å². The SMILES string of the molecule is CCNc1cccnc1OC(C)C. The van der Waals surface area contributed by atoms with Gasteiger partial charge in [0.1, 0.15) is 0 Å². The van der Waals surface area contributed by atoms with Crippen molar-refractivity contribution < 1.29 is 4.74 Å². The maximum Gasteiger partial charge on any atom is 0.237 e. The average molecular weight is 180 g/mol. The van der Waals surface area contributed by atoms with Gasteiger partial charge in [-0.2, -0.15) is 0 Å². The van der Waals surface area contributed by atoms with Gasteiger partial charge in [0.25, 0.3) is 0 Å². The normalized spacial score (nSPS) is 10.2. The maximum absolute atomic E-state index is 5.52. The minimum atomic E-state index is 0.160. The van der Waals surface area contributed by atoms with Gasteiger partial charge in [0.05, 0.1) is 11.8 Å². The molecule has 1 aromatic rings. The van der Waals surface area contributed by atoms with Gasteiger partial charge < -0.3 is 10.1 Å². The molecule has 0 unspecified atom stereocenters. The van der Waals surface area contributed by atoms with Crippen molar-refractivity contribution in [3.8, 4) is 5.88 Å². The first-order chi connectivity index (χ1) is 6.24. The van der Waals surface area contributed by atoms with Gasteiger partial charge in [-0.15, -0.1) is 0 Å². The Morgan fingerprint density at radius 1 is 1.54 bits per heavy atom. The monoisotopic (exact) mass is 180 g/mol. The molecular formula is C10H16N2O. The number of pyridine rings is 1. The lowest BCUT2D eigenvalue weighted by molar-refractivity contribution is 0.234. The van der Waals surface area contributed by atoms with E-state index in [-0.39, 0.29) is 6.10 Å². The molecule has 0 aliphatic carbocycles. The summed E-state index contributed by atoms with van der Waals surface area (Å²) >= 11 is 0. The van der Waals surface area contributed by atoms with Crippen LogP contribution in [0.15, 0.2) is 18.3 Å². The molecule has 0 aromatic carbocycles. The fraction of sp³-hybridized carbons (Fsp3) is 0.500. The van der Waals surface area contributed by atoms with E-state index in [1.165, 1.54) is 0 Å². The standard InChI is InChI=1S/C10H16N2O/c1-4-11-9-6-5-7-12-10(9)13-8(2)3/h5-8,11H,4H2,1-3H3. The van der Waals surface area contributed by atoms with E-state index >= 15 is 0 Å². The van der Waals surface area contributed by atoms with Crippen molar-refractivity contribution >= 4 is 5.69 Å². The average Bonchev–Trinajstić information content (AvgIpc) is 2.08. The van der Waals surface area contributed by atoms with Crippen LogP contribution in [0.5, 0.6) is 5.88 Å². The summed E-state index contributed by atoms with van der Waals surface area (Å²) in [5, 5.41) is 3.19. The Bertz CT molecular complexity index is 261. The Hall–Kier alpha value is -1.25. The minimum Gasteiger partial charge on any atom is -0.473 e. The molecule has 72 valence electrons. The summed E-state index contributed by atoms with van der Waals surface area (Å²) < 4.78 is 5.52. The van der Waals surface area contributed by atoms with Gasteiger partial charge in [0, 0.05) is 12.7 Å². The van der Waals surface area contributed by atoms with Crippen molar-refractivity contribution in [3.63, 3.8) is 0 Å². The van der Waals surface area contributed by atoms with Gasteiger partial charge in [0.2, 0.25) is 5.88 Å². The van der Waals surface area contributed by atoms with E-state index in [1.54, 1.807) is 6.20 Å².